The first kappa shape index (κ1) is 15.6. The Bertz CT molecular complexity index is 655. The number of nitrogens with one attached hydrogen (secondary N) is 1. The Balaban J connectivity index is 2.09. The van der Waals surface area contributed by atoms with Crippen LogP contribution in [0.3, 0.4) is 0 Å². The molecule has 0 unspecified atom stereocenters. The van der Waals surface area contributed by atoms with Crippen molar-refractivity contribution in [2.24, 2.45) is 5.10 Å². The topological polar surface area (TPSA) is 37.3 Å². The molecule has 2 aromatic rings. The second kappa shape index (κ2) is 6.32. The number of anilines is 1. The Morgan fingerprint density at radius 1 is 1.14 bits per heavy atom. The fourth-order valence-corrected chi connectivity index (χ4v) is 1.73. The van der Waals surface area contributed by atoms with Crippen molar-refractivity contribution in [3.63, 3.8) is 0 Å². The molecule has 2 rings (SSSR count). The average molecular weight is 334 g/mol. The van der Waals surface area contributed by atoms with E-state index in [-0.39, 0.29) is 10.7 Å². The number of benzene rings is 1. The monoisotopic (exact) mass is 333 g/mol. The highest BCUT2D eigenvalue weighted by Gasteiger charge is 2.31. The zero-order valence-corrected chi connectivity index (χ0v) is 11.8. The van der Waals surface area contributed by atoms with Crippen molar-refractivity contribution in [3.05, 3.63) is 57.8 Å². The number of pyridine rings is 1. The summed E-state index contributed by atoms with van der Waals surface area (Å²) in [6.45, 7) is 0. The van der Waals surface area contributed by atoms with Crippen molar-refractivity contribution in [2.75, 3.05) is 5.43 Å². The molecule has 0 fully saturated rings. The van der Waals surface area contributed by atoms with Crippen LogP contribution in [0.2, 0.25) is 10.0 Å². The van der Waals surface area contributed by atoms with E-state index in [0.717, 1.165) is 6.07 Å². The molecule has 1 aromatic heterocycles. The van der Waals surface area contributed by atoms with E-state index in [9.17, 15) is 13.2 Å². The molecule has 110 valence electrons. The summed E-state index contributed by atoms with van der Waals surface area (Å²) in [6, 6.07) is 7.53. The number of hydrogen-bond acceptors (Lipinski definition) is 3. The van der Waals surface area contributed by atoms with Crippen LogP contribution >= 0.6 is 23.2 Å². The van der Waals surface area contributed by atoms with Gasteiger partial charge in [0.05, 0.1) is 22.5 Å². The highest BCUT2D eigenvalue weighted by molar-refractivity contribution is 6.32. The van der Waals surface area contributed by atoms with E-state index in [0.29, 0.717) is 16.9 Å². The molecule has 0 aliphatic carbocycles. The summed E-state index contributed by atoms with van der Waals surface area (Å²) in [4.78, 5) is 3.63. The Hall–Kier alpha value is -1.79. The first-order valence-electron chi connectivity index (χ1n) is 5.63. The predicted molar refractivity (Wildman–Crippen MR) is 76.9 cm³/mol. The van der Waals surface area contributed by atoms with Gasteiger partial charge >= 0.3 is 6.18 Å². The maximum atomic E-state index is 12.5. The van der Waals surface area contributed by atoms with Gasteiger partial charge in [-0.1, -0.05) is 23.2 Å². The molecular weight excluding hydrogens is 326 g/mol. The summed E-state index contributed by atoms with van der Waals surface area (Å²) in [7, 11) is 0. The Morgan fingerprint density at radius 2 is 1.81 bits per heavy atom. The lowest BCUT2D eigenvalue weighted by Crippen LogP contribution is -2.06. The fourth-order valence-electron chi connectivity index (χ4n) is 1.39. The van der Waals surface area contributed by atoms with Gasteiger partial charge in [0.2, 0.25) is 0 Å². The second-order valence-electron chi connectivity index (χ2n) is 3.97. The molecule has 3 nitrogen and oxygen atoms in total. The summed E-state index contributed by atoms with van der Waals surface area (Å²) in [5.41, 5.74) is 2.57. The van der Waals surface area contributed by atoms with Crippen LogP contribution in [0, 0.1) is 0 Å². The van der Waals surface area contributed by atoms with Gasteiger partial charge in [0.25, 0.3) is 0 Å². The van der Waals surface area contributed by atoms with Crippen LogP contribution < -0.4 is 5.43 Å². The van der Waals surface area contributed by atoms with E-state index in [1.807, 2.05) is 0 Å². The molecule has 1 aromatic carbocycles. The van der Waals surface area contributed by atoms with Crippen LogP contribution in [0.4, 0.5) is 18.9 Å². The summed E-state index contributed by atoms with van der Waals surface area (Å²) < 4.78 is 37.4. The van der Waals surface area contributed by atoms with Gasteiger partial charge in [-0.15, -0.1) is 0 Å². The van der Waals surface area contributed by atoms with Crippen molar-refractivity contribution < 1.29 is 13.2 Å². The molecule has 0 spiro atoms. The van der Waals surface area contributed by atoms with Gasteiger partial charge in [0.1, 0.15) is 5.69 Å². The van der Waals surface area contributed by atoms with E-state index < -0.39 is 11.7 Å². The quantitative estimate of drug-likeness (QED) is 0.643. The third-order valence-electron chi connectivity index (χ3n) is 2.42. The fraction of sp³-hybridized carbons (Fsp3) is 0.0769. The second-order valence-corrected chi connectivity index (χ2v) is 4.81. The lowest BCUT2D eigenvalue weighted by Gasteiger charge is -2.07. The summed E-state index contributed by atoms with van der Waals surface area (Å²) in [6.07, 6.45) is -2.54. The van der Waals surface area contributed by atoms with Crippen LogP contribution in [-0.2, 0) is 6.18 Å². The van der Waals surface area contributed by atoms with Crippen molar-refractivity contribution in [1.82, 2.24) is 4.98 Å². The molecular formula is C13H8Cl2F3N3. The molecule has 0 atom stereocenters. The number of alkyl halides is 3. The van der Waals surface area contributed by atoms with Crippen LogP contribution in [0.15, 0.2) is 41.6 Å². The molecule has 1 N–H and O–H groups in total. The average Bonchev–Trinajstić information content (AvgIpc) is 2.41. The summed E-state index contributed by atoms with van der Waals surface area (Å²) >= 11 is 11.5. The zero-order chi connectivity index (χ0) is 15.5. The number of aromatic nitrogens is 1. The van der Waals surface area contributed by atoms with Gasteiger partial charge in [0, 0.05) is 11.2 Å². The lowest BCUT2D eigenvalue weighted by atomic mass is 10.2. The molecule has 0 radical (unpaired) electrons. The van der Waals surface area contributed by atoms with Crippen LogP contribution in [0.1, 0.15) is 11.3 Å². The first-order chi connectivity index (χ1) is 9.86. The molecule has 0 bridgehead atoms. The van der Waals surface area contributed by atoms with Gasteiger partial charge in [0.15, 0.2) is 0 Å². The highest BCUT2D eigenvalue weighted by atomic mass is 35.5. The van der Waals surface area contributed by atoms with Gasteiger partial charge in [-0.3, -0.25) is 10.4 Å². The summed E-state index contributed by atoms with van der Waals surface area (Å²) in [5, 5.41) is 4.30. The van der Waals surface area contributed by atoms with Crippen LogP contribution in [0.25, 0.3) is 0 Å². The standard InChI is InChI=1S/C13H8Cl2F3N3/c14-9-1-3-10(4-2-9)21-20-7-12-11(15)5-8(6-19-12)13(16,17)18/h1-7,21H. The molecule has 0 saturated carbocycles. The van der Waals surface area contributed by atoms with Gasteiger partial charge < -0.3 is 0 Å². The summed E-state index contributed by atoms with van der Waals surface area (Å²) in [5.74, 6) is 0. The van der Waals surface area contributed by atoms with E-state index in [1.54, 1.807) is 24.3 Å². The van der Waals surface area contributed by atoms with Gasteiger partial charge in [-0.05, 0) is 30.3 Å². The zero-order valence-electron chi connectivity index (χ0n) is 10.3. The van der Waals surface area contributed by atoms with Crippen molar-refractivity contribution >= 4 is 35.1 Å². The maximum Gasteiger partial charge on any atom is 0.417 e. The van der Waals surface area contributed by atoms with Crippen LogP contribution in [0.5, 0.6) is 0 Å². The number of rotatable bonds is 3. The molecule has 1 heterocycles. The minimum atomic E-state index is -4.48. The van der Waals surface area contributed by atoms with Gasteiger partial charge in [-0.2, -0.15) is 18.3 Å². The normalized spacial score (nSPS) is 11.9. The predicted octanol–water partition coefficient (Wildman–Crippen LogP) is 4.85. The first-order valence-corrected chi connectivity index (χ1v) is 6.39. The number of nitrogens with zero attached hydrogens (tertiary/aromatic N) is 2. The Morgan fingerprint density at radius 3 is 2.38 bits per heavy atom. The Labute approximate surface area is 128 Å². The highest BCUT2D eigenvalue weighted by Crippen LogP contribution is 2.30. The van der Waals surface area contributed by atoms with E-state index >= 15 is 0 Å². The minimum Gasteiger partial charge on any atom is -0.278 e. The third-order valence-corrected chi connectivity index (χ3v) is 2.98. The third kappa shape index (κ3) is 4.34. The molecule has 0 aliphatic rings. The SMILES string of the molecule is FC(F)(F)c1cnc(C=NNc2ccc(Cl)cc2)c(Cl)c1. The van der Waals surface area contributed by atoms with Crippen molar-refractivity contribution in [1.29, 1.82) is 0 Å². The minimum absolute atomic E-state index is 0.131. The largest absolute Gasteiger partial charge is 0.417 e. The molecule has 8 heteroatoms. The molecule has 0 aliphatic heterocycles. The van der Waals surface area contributed by atoms with E-state index in [2.05, 4.69) is 15.5 Å². The van der Waals surface area contributed by atoms with E-state index in [4.69, 9.17) is 23.2 Å². The lowest BCUT2D eigenvalue weighted by molar-refractivity contribution is -0.137. The molecule has 0 saturated heterocycles. The number of hydrogen-bond donors (Lipinski definition) is 1. The van der Waals surface area contributed by atoms with Gasteiger partial charge in [-0.25, -0.2) is 0 Å². The Kier molecular flexibility index (Phi) is 4.69. The number of halogens is 5. The number of hydrazone groups is 1. The van der Waals surface area contributed by atoms with Crippen molar-refractivity contribution in [3.8, 4) is 0 Å². The van der Waals surface area contributed by atoms with Crippen LogP contribution in [-0.4, -0.2) is 11.2 Å². The molecule has 0 amide bonds. The van der Waals surface area contributed by atoms with E-state index in [1.165, 1.54) is 6.21 Å². The molecule has 21 heavy (non-hydrogen) atoms. The maximum absolute atomic E-state index is 12.5. The smallest absolute Gasteiger partial charge is 0.278 e. The van der Waals surface area contributed by atoms with Crippen molar-refractivity contribution in [2.45, 2.75) is 6.18 Å².